The highest BCUT2D eigenvalue weighted by Gasteiger charge is 2.29. The molecule has 4 heteroatoms. The van der Waals surface area contributed by atoms with Gasteiger partial charge in [-0.2, -0.15) is 0 Å². The largest absolute Gasteiger partial charge is 0.493 e. The predicted molar refractivity (Wildman–Crippen MR) is 67.1 cm³/mol. The molecule has 0 amide bonds. The SMILES string of the molecule is CCOC(=O)C1COc2c(cc(C)cc2OC)C1. The van der Waals surface area contributed by atoms with Gasteiger partial charge in [0.1, 0.15) is 6.61 Å². The van der Waals surface area contributed by atoms with Crippen molar-refractivity contribution in [2.24, 2.45) is 5.92 Å². The van der Waals surface area contributed by atoms with E-state index in [9.17, 15) is 4.79 Å². The van der Waals surface area contributed by atoms with Crippen molar-refractivity contribution in [3.8, 4) is 11.5 Å². The summed E-state index contributed by atoms with van der Waals surface area (Å²) in [5, 5.41) is 0. The van der Waals surface area contributed by atoms with Gasteiger partial charge < -0.3 is 14.2 Å². The fraction of sp³-hybridized carbons (Fsp3) is 0.500. The molecule has 0 aliphatic carbocycles. The Morgan fingerprint density at radius 3 is 2.94 bits per heavy atom. The second kappa shape index (κ2) is 5.29. The maximum Gasteiger partial charge on any atom is 0.312 e. The molecule has 0 bridgehead atoms. The summed E-state index contributed by atoms with van der Waals surface area (Å²) < 4.78 is 16.0. The second-order valence-electron chi connectivity index (χ2n) is 4.42. The van der Waals surface area contributed by atoms with Crippen molar-refractivity contribution in [2.45, 2.75) is 20.3 Å². The van der Waals surface area contributed by atoms with Crippen LogP contribution in [0.4, 0.5) is 0 Å². The number of hydrogen-bond acceptors (Lipinski definition) is 4. The first-order valence-corrected chi connectivity index (χ1v) is 6.12. The van der Waals surface area contributed by atoms with Crippen LogP contribution in [0.25, 0.3) is 0 Å². The van der Waals surface area contributed by atoms with E-state index in [-0.39, 0.29) is 11.9 Å². The molecule has 18 heavy (non-hydrogen) atoms. The van der Waals surface area contributed by atoms with Crippen LogP contribution in [0.2, 0.25) is 0 Å². The molecule has 0 saturated heterocycles. The number of ether oxygens (including phenoxy) is 3. The number of carbonyl (C=O) groups excluding carboxylic acids is 1. The Labute approximate surface area is 107 Å². The summed E-state index contributed by atoms with van der Waals surface area (Å²) in [5.41, 5.74) is 2.11. The zero-order valence-electron chi connectivity index (χ0n) is 11.0. The Hall–Kier alpha value is -1.71. The van der Waals surface area contributed by atoms with Crippen LogP contribution in [0.15, 0.2) is 12.1 Å². The lowest BCUT2D eigenvalue weighted by molar-refractivity contribution is -0.149. The average Bonchev–Trinajstić information content (AvgIpc) is 2.37. The minimum Gasteiger partial charge on any atom is -0.493 e. The molecule has 1 aromatic rings. The molecular weight excluding hydrogens is 232 g/mol. The molecule has 0 N–H and O–H groups in total. The molecule has 98 valence electrons. The molecule has 4 nitrogen and oxygen atoms in total. The summed E-state index contributed by atoms with van der Waals surface area (Å²) in [6, 6.07) is 3.97. The van der Waals surface area contributed by atoms with E-state index in [2.05, 4.69) is 0 Å². The van der Waals surface area contributed by atoms with Crippen LogP contribution in [-0.4, -0.2) is 26.3 Å². The number of carbonyl (C=O) groups is 1. The van der Waals surface area contributed by atoms with Gasteiger partial charge in [0, 0.05) is 0 Å². The Morgan fingerprint density at radius 2 is 2.28 bits per heavy atom. The third-order valence-electron chi connectivity index (χ3n) is 3.01. The molecule has 1 atom stereocenters. The fourth-order valence-corrected chi connectivity index (χ4v) is 2.20. The molecule has 0 fully saturated rings. The Kier molecular flexibility index (Phi) is 3.75. The Balaban J connectivity index is 2.24. The number of rotatable bonds is 3. The lowest BCUT2D eigenvalue weighted by atomic mass is 9.95. The lowest BCUT2D eigenvalue weighted by Crippen LogP contribution is -2.30. The minimum atomic E-state index is -0.219. The summed E-state index contributed by atoms with van der Waals surface area (Å²) in [7, 11) is 1.62. The normalized spacial score (nSPS) is 17.6. The van der Waals surface area contributed by atoms with Crippen molar-refractivity contribution in [2.75, 3.05) is 20.3 Å². The van der Waals surface area contributed by atoms with Gasteiger partial charge in [-0.15, -0.1) is 0 Å². The summed E-state index contributed by atoms with van der Waals surface area (Å²) in [4.78, 5) is 11.7. The topological polar surface area (TPSA) is 44.8 Å². The molecule has 1 aromatic carbocycles. The standard InChI is InChI=1S/C14H18O4/c1-4-17-14(15)11-7-10-5-9(2)6-12(16-3)13(10)18-8-11/h5-6,11H,4,7-8H2,1-3H3. The summed E-state index contributed by atoms with van der Waals surface area (Å²) in [5.74, 6) is 1.07. The van der Waals surface area contributed by atoms with Crippen LogP contribution in [-0.2, 0) is 16.0 Å². The van der Waals surface area contributed by atoms with Gasteiger partial charge in [-0.3, -0.25) is 4.79 Å². The van der Waals surface area contributed by atoms with E-state index in [0.717, 1.165) is 22.6 Å². The van der Waals surface area contributed by atoms with E-state index in [4.69, 9.17) is 14.2 Å². The molecule has 1 aliphatic rings. The van der Waals surface area contributed by atoms with Gasteiger partial charge in [0.05, 0.1) is 19.6 Å². The minimum absolute atomic E-state index is 0.191. The molecule has 0 spiro atoms. The van der Waals surface area contributed by atoms with Crippen molar-refractivity contribution in [3.05, 3.63) is 23.3 Å². The van der Waals surface area contributed by atoms with E-state index in [1.807, 2.05) is 26.0 Å². The van der Waals surface area contributed by atoms with Crippen LogP contribution < -0.4 is 9.47 Å². The molecule has 1 unspecified atom stereocenters. The quantitative estimate of drug-likeness (QED) is 0.771. The zero-order valence-corrected chi connectivity index (χ0v) is 11.0. The van der Waals surface area contributed by atoms with E-state index in [0.29, 0.717) is 19.6 Å². The van der Waals surface area contributed by atoms with E-state index in [1.165, 1.54) is 0 Å². The Bertz CT molecular complexity index is 453. The maximum atomic E-state index is 11.7. The van der Waals surface area contributed by atoms with Gasteiger partial charge in [-0.05, 0) is 37.5 Å². The number of methoxy groups -OCH3 is 1. The van der Waals surface area contributed by atoms with Crippen LogP contribution >= 0.6 is 0 Å². The second-order valence-corrected chi connectivity index (χ2v) is 4.42. The molecule has 1 heterocycles. The van der Waals surface area contributed by atoms with Gasteiger partial charge in [-0.25, -0.2) is 0 Å². The van der Waals surface area contributed by atoms with E-state index in [1.54, 1.807) is 7.11 Å². The van der Waals surface area contributed by atoms with Gasteiger partial charge >= 0.3 is 5.97 Å². The van der Waals surface area contributed by atoms with Crippen molar-refractivity contribution in [1.82, 2.24) is 0 Å². The Morgan fingerprint density at radius 1 is 1.50 bits per heavy atom. The van der Waals surface area contributed by atoms with E-state index < -0.39 is 0 Å². The number of fused-ring (bicyclic) bond motifs is 1. The van der Waals surface area contributed by atoms with Crippen molar-refractivity contribution in [3.63, 3.8) is 0 Å². The third-order valence-corrected chi connectivity index (χ3v) is 3.01. The van der Waals surface area contributed by atoms with E-state index >= 15 is 0 Å². The van der Waals surface area contributed by atoms with Crippen LogP contribution in [0.5, 0.6) is 11.5 Å². The van der Waals surface area contributed by atoms with Gasteiger partial charge in [0.2, 0.25) is 0 Å². The first kappa shape index (κ1) is 12.7. The molecule has 1 aliphatic heterocycles. The summed E-state index contributed by atoms with van der Waals surface area (Å²) in [6.07, 6.45) is 0.645. The number of esters is 1. The third kappa shape index (κ3) is 2.42. The lowest BCUT2D eigenvalue weighted by Gasteiger charge is -2.25. The molecule has 0 radical (unpaired) electrons. The molecule has 2 rings (SSSR count). The van der Waals surface area contributed by atoms with Crippen LogP contribution in [0.1, 0.15) is 18.1 Å². The summed E-state index contributed by atoms with van der Waals surface area (Å²) in [6.45, 7) is 4.56. The van der Waals surface area contributed by atoms with Crippen molar-refractivity contribution < 1.29 is 19.0 Å². The fourth-order valence-electron chi connectivity index (χ4n) is 2.20. The number of aryl methyl sites for hydroxylation is 1. The molecule has 0 saturated carbocycles. The maximum absolute atomic E-state index is 11.7. The smallest absolute Gasteiger partial charge is 0.312 e. The average molecular weight is 250 g/mol. The highest BCUT2D eigenvalue weighted by Crippen LogP contribution is 2.37. The first-order valence-electron chi connectivity index (χ1n) is 6.12. The highest BCUT2D eigenvalue weighted by atomic mass is 16.5. The van der Waals surface area contributed by atoms with Crippen LogP contribution in [0.3, 0.4) is 0 Å². The van der Waals surface area contributed by atoms with Gasteiger partial charge in [0.15, 0.2) is 11.5 Å². The number of benzene rings is 1. The van der Waals surface area contributed by atoms with Gasteiger partial charge in [0.25, 0.3) is 0 Å². The van der Waals surface area contributed by atoms with Crippen LogP contribution in [0, 0.1) is 12.8 Å². The first-order chi connectivity index (χ1) is 8.65. The zero-order chi connectivity index (χ0) is 13.1. The predicted octanol–water partition coefficient (Wildman–Crippen LogP) is 2.12. The van der Waals surface area contributed by atoms with Gasteiger partial charge in [-0.1, -0.05) is 6.07 Å². The van der Waals surface area contributed by atoms with Crippen molar-refractivity contribution in [1.29, 1.82) is 0 Å². The summed E-state index contributed by atoms with van der Waals surface area (Å²) >= 11 is 0. The van der Waals surface area contributed by atoms with Crippen molar-refractivity contribution >= 4 is 5.97 Å². The highest BCUT2D eigenvalue weighted by molar-refractivity contribution is 5.74. The monoisotopic (exact) mass is 250 g/mol. The molecular formula is C14H18O4. The number of hydrogen-bond donors (Lipinski definition) is 0. The molecule has 0 aromatic heterocycles.